The van der Waals surface area contributed by atoms with E-state index >= 15 is 0 Å². The normalized spacial score (nSPS) is 11.3. The molecule has 0 aliphatic carbocycles. The van der Waals surface area contributed by atoms with Crippen molar-refractivity contribution in [3.8, 4) is 11.5 Å². The van der Waals surface area contributed by atoms with Crippen LogP contribution in [0.25, 0.3) is 0 Å². The molecule has 0 atom stereocenters. The number of carbonyl (C=O) groups is 1. The largest absolute Gasteiger partial charge is 0.508 e. The zero-order chi connectivity index (χ0) is 13.9. The number of halogens is 3. The monoisotopic (exact) mass is 263 g/mol. The first-order valence-electron chi connectivity index (χ1n) is 5.05. The van der Waals surface area contributed by atoms with Gasteiger partial charge in [0.2, 0.25) is 0 Å². The molecule has 1 rings (SSSR count). The molecule has 0 radical (unpaired) electrons. The molecule has 0 saturated heterocycles. The van der Waals surface area contributed by atoms with Gasteiger partial charge in [-0.1, -0.05) is 0 Å². The van der Waals surface area contributed by atoms with Gasteiger partial charge in [-0.2, -0.15) is 13.2 Å². The van der Waals surface area contributed by atoms with Gasteiger partial charge in [0.25, 0.3) is 5.91 Å². The fourth-order valence-corrected chi connectivity index (χ4v) is 1.30. The topological polar surface area (TPSA) is 60.8 Å². The van der Waals surface area contributed by atoms with Crippen LogP contribution in [0, 0.1) is 0 Å². The van der Waals surface area contributed by atoms with Gasteiger partial charge in [0.1, 0.15) is 11.5 Å². The predicted molar refractivity (Wildman–Crippen MR) is 57.4 cm³/mol. The van der Waals surface area contributed by atoms with Gasteiger partial charge in [-0.05, 0) is 18.2 Å². The first-order chi connectivity index (χ1) is 8.20. The van der Waals surface area contributed by atoms with Crippen molar-refractivity contribution < 1.29 is 28.2 Å². The lowest BCUT2D eigenvalue weighted by Gasteiger charge is -2.18. The summed E-state index contributed by atoms with van der Waals surface area (Å²) in [5.41, 5.74) is -0.236. The molecule has 18 heavy (non-hydrogen) atoms. The second-order valence-corrected chi connectivity index (χ2v) is 3.79. The zero-order valence-electron chi connectivity index (χ0n) is 9.53. The van der Waals surface area contributed by atoms with Gasteiger partial charge in [0, 0.05) is 13.6 Å². The lowest BCUT2D eigenvalue weighted by molar-refractivity contribution is -0.136. The average Bonchev–Trinajstić information content (AvgIpc) is 2.27. The number of amides is 1. The van der Waals surface area contributed by atoms with Gasteiger partial charge in [0.15, 0.2) is 0 Å². The minimum Gasteiger partial charge on any atom is -0.508 e. The number of hydrogen-bond acceptors (Lipinski definition) is 3. The molecule has 0 aliphatic rings. The van der Waals surface area contributed by atoms with Gasteiger partial charge in [-0.25, -0.2) is 0 Å². The Morgan fingerprint density at radius 2 is 1.94 bits per heavy atom. The minimum absolute atomic E-state index is 0.236. The van der Waals surface area contributed by atoms with Crippen molar-refractivity contribution in [2.24, 2.45) is 0 Å². The Hall–Kier alpha value is -1.92. The molecule has 7 heteroatoms. The van der Waals surface area contributed by atoms with Crippen LogP contribution in [-0.4, -0.2) is 40.8 Å². The molecular formula is C11H12F3NO3. The molecule has 0 unspecified atom stereocenters. The second kappa shape index (κ2) is 5.16. The molecule has 2 N–H and O–H groups in total. The first kappa shape index (κ1) is 14.1. The molecule has 100 valence electrons. The number of alkyl halides is 3. The van der Waals surface area contributed by atoms with E-state index in [0.29, 0.717) is 0 Å². The molecule has 1 amide bonds. The highest BCUT2D eigenvalue weighted by Crippen LogP contribution is 2.24. The zero-order valence-corrected chi connectivity index (χ0v) is 9.53. The van der Waals surface area contributed by atoms with Crippen molar-refractivity contribution in [2.75, 3.05) is 13.6 Å². The van der Waals surface area contributed by atoms with Gasteiger partial charge in [-0.15, -0.1) is 0 Å². The number of nitrogens with zero attached hydrogens (tertiary/aromatic N) is 1. The van der Waals surface area contributed by atoms with E-state index in [1.165, 1.54) is 13.1 Å². The van der Waals surface area contributed by atoms with Crippen molar-refractivity contribution in [2.45, 2.75) is 12.6 Å². The molecule has 0 fully saturated rings. The Balaban J connectivity index is 2.77. The summed E-state index contributed by atoms with van der Waals surface area (Å²) in [6, 6.07) is 3.27. The fraction of sp³-hybridized carbons (Fsp3) is 0.364. The summed E-state index contributed by atoms with van der Waals surface area (Å²) in [6.07, 6.45) is -5.48. The summed E-state index contributed by atoms with van der Waals surface area (Å²) in [4.78, 5) is 12.6. The number of rotatable bonds is 3. The van der Waals surface area contributed by atoms with E-state index in [0.717, 1.165) is 17.0 Å². The van der Waals surface area contributed by atoms with Crippen LogP contribution in [0.3, 0.4) is 0 Å². The van der Waals surface area contributed by atoms with Crippen LogP contribution in [0.5, 0.6) is 11.5 Å². The predicted octanol–water partition coefficient (Wildman–Crippen LogP) is 2.12. The summed E-state index contributed by atoms with van der Waals surface area (Å²) in [7, 11) is 1.19. The van der Waals surface area contributed by atoms with Gasteiger partial charge in [-0.3, -0.25) is 4.79 Å². The second-order valence-electron chi connectivity index (χ2n) is 3.79. The quantitative estimate of drug-likeness (QED) is 0.821. The number of benzene rings is 1. The molecular weight excluding hydrogens is 251 g/mol. The van der Waals surface area contributed by atoms with E-state index in [9.17, 15) is 23.1 Å². The summed E-state index contributed by atoms with van der Waals surface area (Å²) in [5.74, 6) is -1.43. The van der Waals surface area contributed by atoms with Gasteiger partial charge >= 0.3 is 6.18 Å². The maximum Gasteiger partial charge on any atom is 0.390 e. The standard InChI is InChI=1S/C11H12F3NO3/c1-15(5-4-11(12,13)14)10(18)8-6-7(16)2-3-9(8)17/h2-3,6,16-17H,4-5H2,1H3. The van der Waals surface area contributed by atoms with E-state index in [2.05, 4.69) is 0 Å². The number of hydrogen-bond donors (Lipinski definition) is 2. The van der Waals surface area contributed by atoms with Gasteiger partial charge in [0.05, 0.1) is 12.0 Å². The Morgan fingerprint density at radius 3 is 2.50 bits per heavy atom. The van der Waals surface area contributed by atoms with Crippen LogP contribution in [0.4, 0.5) is 13.2 Å². The lowest BCUT2D eigenvalue weighted by Crippen LogP contribution is -2.30. The van der Waals surface area contributed by atoms with Crippen LogP contribution in [0.2, 0.25) is 0 Å². The maximum absolute atomic E-state index is 12.0. The molecule has 1 aromatic carbocycles. The molecule has 0 spiro atoms. The number of carbonyl (C=O) groups excluding carboxylic acids is 1. The third-order valence-electron chi connectivity index (χ3n) is 2.29. The van der Waals surface area contributed by atoms with E-state index in [4.69, 9.17) is 5.11 Å². The van der Waals surface area contributed by atoms with Crippen molar-refractivity contribution >= 4 is 5.91 Å². The molecule has 0 aromatic heterocycles. The van der Waals surface area contributed by atoms with Crippen LogP contribution >= 0.6 is 0 Å². The third kappa shape index (κ3) is 3.83. The molecule has 0 aliphatic heterocycles. The van der Waals surface area contributed by atoms with Crippen LogP contribution in [0.1, 0.15) is 16.8 Å². The van der Waals surface area contributed by atoms with Crippen LogP contribution < -0.4 is 0 Å². The summed E-state index contributed by atoms with van der Waals surface area (Å²) in [6.45, 7) is -0.516. The Morgan fingerprint density at radius 1 is 1.33 bits per heavy atom. The van der Waals surface area contributed by atoms with Gasteiger partial charge < -0.3 is 15.1 Å². The first-order valence-corrected chi connectivity index (χ1v) is 5.05. The molecule has 1 aromatic rings. The van der Waals surface area contributed by atoms with Crippen LogP contribution in [-0.2, 0) is 0 Å². The van der Waals surface area contributed by atoms with Crippen molar-refractivity contribution in [1.29, 1.82) is 0 Å². The average molecular weight is 263 g/mol. The molecule has 0 bridgehead atoms. The highest BCUT2D eigenvalue weighted by Gasteiger charge is 2.28. The highest BCUT2D eigenvalue weighted by molar-refractivity contribution is 5.97. The van der Waals surface area contributed by atoms with E-state index in [1.807, 2.05) is 0 Å². The van der Waals surface area contributed by atoms with Crippen molar-refractivity contribution in [3.05, 3.63) is 23.8 Å². The number of phenols is 2. The van der Waals surface area contributed by atoms with Crippen molar-refractivity contribution in [1.82, 2.24) is 4.90 Å². The Bertz CT molecular complexity index is 446. The SMILES string of the molecule is CN(CCC(F)(F)F)C(=O)c1cc(O)ccc1O. The molecule has 0 saturated carbocycles. The Kier molecular flexibility index (Phi) is 4.05. The van der Waals surface area contributed by atoms with E-state index in [-0.39, 0.29) is 11.3 Å². The summed E-state index contributed by atoms with van der Waals surface area (Å²) >= 11 is 0. The lowest BCUT2D eigenvalue weighted by atomic mass is 10.1. The Labute approximate surface area is 101 Å². The van der Waals surface area contributed by atoms with Crippen LogP contribution in [0.15, 0.2) is 18.2 Å². The van der Waals surface area contributed by atoms with E-state index < -0.39 is 30.8 Å². The molecule has 4 nitrogen and oxygen atoms in total. The minimum atomic E-state index is -4.35. The molecule has 0 heterocycles. The summed E-state index contributed by atoms with van der Waals surface area (Å²) < 4.78 is 36.0. The summed E-state index contributed by atoms with van der Waals surface area (Å²) in [5, 5.41) is 18.6. The smallest absolute Gasteiger partial charge is 0.390 e. The maximum atomic E-state index is 12.0. The number of aromatic hydroxyl groups is 2. The third-order valence-corrected chi connectivity index (χ3v) is 2.29. The highest BCUT2D eigenvalue weighted by atomic mass is 19.4. The van der Waals surface area contributed by atoms with E-state index in [1.54, 1.807) is 0 Å². The number of phenolic OH excluding ortho intramolecular Hbond substituents is 2. The fourth-order valence-electron chi connectivity index (χ4n) is 1.30. The van der Waals surface area contributed by atoms with Crippen molar-refractivity contribution in [3.63, 3.8) is 0 Å².